The molecule has 1 heterocycles. The predicted molar refractivity (Wildman–Crippen MR) is 96.5 cm³/mol. The molecular formula is C20H40O3. The highest BCUT2D eigenvalue weighted by molar-refractivity contribution is 4.68. The third-order valence-corrected chi connectivity index (χ3v) is 4.63. The van der Waals surface area contributed by atoms with E-state index in [1.807, 2.05) is 6.92 Å². The van der Waals surface area contributed by atoms with Crippen LogP contribution in [-0.4, -0.2) is 25.3 Å². The van der Waals surface area contributed by atoms with Crippen LogP contribution < -0.4 is 0 Å². The summed E-state index contributed by atoms with van der Waals surface area (Å²) in [5.74, 6) is 0. The van der Waals surface area contributed by atoms with Crippen molar-refractivity contribution in [2.24, 2.45) is 0 Å². The molecule has 0 radical (unpaired) electrons. The zero-order valence-corrected chi connectivity index (χ0v) is 15.9. The van der Waals surface area contributed by atoms with Crippen molar-refractivity contribution < 1.29 is 14.2 Å². The van der Waals surface area contributed by atoms with E-state index in [4.69, 9.17) is 14.2 Å². The van der Waals surface area contributed by atoms with Crippen molar-refractivity contribution in [3.05, 3.63) is 0 Å². The van der Waals surface area contributed by atoms with Crippen LogP contribution >= 0.6 is 0 Å². The van der Waals surface area contributed by atoms with E-state index in [2.05, 4.69) is 13.8 Å². The van der Waals surface area contributed by atoms with Gasteiger partial charge in [-0.1, -0.05) is 71.6 Å². The molecule has 0 spiro atoms. The van der Waals surface area contributed by atoms with E-state index in [-0.39, 0.29) is 12.6 Å². The molecule has 0 aliphatic carbocycles. The standard InChI is InChI=1S/C20H40O3/c1-4-7-9-11-13-15-18-17-20(21-6-3)23-19(22-18)16-14-12-10-8-5-2/h18-20H,4-17H2,1-3H3/t18-,19-,20-/m1/s1. The van der Waals surface area contributed by atoms with Crippen LogP contribution in [0.3, 0.4) is 0 Å². The van der Waals surface area contributed by atoms with Crippen LogP contribution in [0.25, 0.3) is 0 Å². The van der Waals surface area contributed by atoms with Crippen LogP contribution in [0.2, 0.25) is 0 Å². The quantitative estimate of drug-likeness (QED) is 0.355. The number of ether oxygens (including phenoxy) is 3. The molecule has 1 fully saturated rings. The summed E-state index contributed by atoms with van der Waals surface area (Å²) in [5, 5.41) is 0. The smallest absolute Gasteiger partial charge is 0.163 e. The minimum absolute atomic E-state index is 0.0532. The Morgan fingerprint density at radius 2 is 1.35 bits per heavy atom. The fourth-order valence-corrected chi connectivity index (χ4v) is 3.25. The molecule has 0 aromatic carbocycles. The largest absolute Gasteiger partial charge is 0.353 e. The maximum Gasteiger partial charge on any atom is 0.163 e. The lowest BCUT2D eigenvalue weighted by Crippen LogP contribution is -2.39. The second-order valence-corrected chi connectivity index (χ2v) is 6.85. The fourth-order valence-electron chi connectivity index (χ4n) is 3.25. The minimum atomic E-state index is -0.0602. The second kappa shape index (κ2) is 14.2. The molecule has 0 bridgehead atoms. The lowest BCUT2D eigenvalue weighted by atomic mass is 10.0. The molecule has 0 unspecified atom stereocenters. The van der Waals surface area contributed by atoms with Gasteiger partial charge < -0.3 is 14.2 Å². The Labute approximate surface area is 144 Å². The first kappa shape index (κ1) is 20.9. The van der Waals surface area contributed by atoms with E-state index >= 15 is 0 Å². The predicted octanol–water partition coefficient (Wildman–Crippen LogP) is 6.20. The maximum atomic E-state index is 6.17. The molecule has 1 aliphatic heterocycles. The zero-order chi connectivity index (χ0) is 16.8. The van der Waals surface area contributed by atoms with Gasteiger partial charge in [-0.25, -0.2) is 0 Å². The minimum Gasteiger partial charge on any atom is -0.353 e. The average molecular weight is 329 g/mol. The van der Waals surface area contributed by atoms with Gasteiger partial charge in [-0.2, -0.15) is 0 Å². The van der Waals surface area contributed by atoms with Crippen molar-refractivity contribution >= 4 is 0 Å². The molecule has 1 aliphatic rings. The van der Waals surface area contributed by atoms with Crippen molar-refractivity contribution in [1.82, 2.24) is 0 Å². The van der Waals surface area contributed by atoms with E-state index in [1.54, 1.807) is 0 Å². The second-order valence-electron chi connectivity index (χ2n) is 6.85. The zero-order valence-electron chi connectivity index (χ0n) is 15.9. The summed E-state index contributed by atoms with van der Waals surface area (Å²) in [7, 11) is 0. The van der Waals surface area contributed by atoms with Gasteiger partial charge in [0.1, 0.15) is 0 Å². The summed E-state index contributed by atoms with van der Waals surface area (Å²) in [6.45, 7) is 7.28. The van der Waals surface area contributed by atoms with Gasteiger partial charge in [0.2, 0.25) is 0 Å². The van der Waals surface area contributed by atoms with Gasteiger partial charge in [0.05, 0.1) is 6.10 Å². The molecule has 23 heavy (non-hydrogen) atoms. The maximum absolute atomic E-state index is 6.17. The topological polar surface area (TPSA) is 27.7 Å². The highest BCUT2D eigenvalue weighted by Gasteiger charge is 2.29. The highest BCUT2D eigenvalue weighted by atomic mass is 16.8. The van der Waals surface area contributed by atoms with Crippen molar-refractivity contribution in [3.8, 4) is 0 Å². The molecule has 138 valence electrons. The van der Waals surface area contributed by atoms with Crippen LogP contribution in [0, 0.1) is 0 Å². The van der Waals surface area contributed by atoms with Crippen LogP contribution in [0.1, 0.15) is 104 Å². The first-order valence-electron chi connectivity index (χ1n) is 10.2. The normalized spacial score (nSPS) is 24.9. The van der Waals surface area contributed by atoms with Gasteiger partial charge in [0, 0.05) is 13.0 Å². The number of rotatable bonds is 14. The van der Waals surface area contributed by atoms with Gasteiger partial charge in [-0.05, 0) is 26.2 Å². The van der Waals surface area contributed by atoms with E-state index in [0.717, 1.165) is 25.9 Å². The Balaban J connectivity index is 2.24. The van der Waals surface area contributed by atoms with Crippen LogP contribution in [0.15, 0.2) is 0 Å². The monoisotopic (exact) mass is 328 g/mol. The summed E-state index contributed by atoms with van der Waals surface area (Å²) in [4.78, 5) is 0. The molecule has 0 saturated carbocycles. The molecule has 1 saturated heterocycles. The van der Waals surface area contributed by atoms with Gasteiger partial charge in [0.15, 0.2) is 12.6 Å². The van der Waals surface area contributed by atoms with E-state index in [0.29, 0.717) is 6.10 Å². The molecular weight excluding hydrogens is 288 g/mol. The lowest BCUT2D eigenvalue weighted by molar-refractivity contribution is -0.308. The Morgan fingerprint density at radius 1 is 0.739 bits per heavy atom. The Kier molecular flexibility index (Phi) is 13.0. The van der Waals surface area contributed by atoms with Crippen LogP contribution in [0.4, 0.5) is 0 Å². The Hall–Kier alpha value is -0.120. The third kappa shape index (κ3) is 10.4. The summed E-state index contributed by atoms with van der Waals surface area (Å²) in [6, 6.07) is 0. The van der Waals surface area contributed by atoms with E-state index in [9.17, 15) is 0 Å². The molecule has 0 aromatic rings. The van der Waals surface area contributed by atoms with Crippen molar-refractivity contribution in [2.45, 2.75) is 123 Å². The summed E-state index contributed by atoms with van der Waals surface area (Å²) in [5.41, 5.74) is 0. The molecule has 3 atom stereocenters. The van der Waals surface area contributed by atoms with Crippen LogP contribution in [-0.2, 0) is 14.2 Å². The van der Waals surface area contributed by atoms with E-state index in [1.165, 1.54) is 64.2 Å². The molecule has 0 amide bonds. The van der Waals surface area contributed by atoms with Gasteiger partial charge >= 0.3 is 0 Å². The molecule has 1 rings (SSSR count). The molecule has 3 heteroatoms. The van der Waals surface area contributed by atoms with Crippen LogP contribution in [0.5, 0.6) is 0 Å². The number of unbranched alkanes of at least 4 members (excludes halogenated alkanes) is 8. The SMILES string of the molecule is CCCCCCC[C@@H]1C[C@H](OCC)O[C@H](CCCCCCC)O1. The Morgan fingerprint density at radius 3 is 1.96 bits per heavy atom. The van der Waals surface area contributed by atoms with Crippen molar-refractivity contribution in [1.29, 1.82) is 0 Å². The molecule has 0 aromatic heterocycles. The number of hydrogen-bond acceptors (Lipinski definition) is 3. The fraction of sp³-hybridized carbons (Fsp3) is 1.00. The van der Waals surface area contributed by atoms with Gasteiger partial charge in [-0.3, -0.25) is 0 Å². The summed E-state index contributed by atoms with van der Waals surface area (Å²) < 4.78 is 17.9. The first-order valence-corrected chi connectivity index (χ1v) is 10.2. The molecule has 0 N–H and O–H groups in total. The van der Waals surface area contributed by atoms with Crippen molar-refractivity contribution in [3.63, 3.8) is 0 Å². The highest BCUT2D eigenvalue weighted by Crippen LogP contribution is 2.26. The average Bonchev–Trinajstić information content (AvgIpc) is 2.55. The third-order valence-electron chi connectivity index (χ3n) is 4.63. The Bertz CT molecular complexity index is 235. The van der Waals surface area contributed by atoms with E-state index < -0.39 is 0 Å². The van der Waals surface area contributed by atoms with Gasteiger partial charge in [0.25, 0.3) is 0 Å². The summed E-state index contributed by atoms with van der Waals surface area (Å²) in [6.07, 6.45) is 16.4. The lowest BCUT2D eigenvalue weighted by Gasteiger charge is -2.35. The summed E-state index contributed by atoms with van der Waals surface area (Å²) >= 11 is 0. The first-order chi connectivity index (χ1) is 11.3. The molecule has 3 nitrogen and oxygen atoms in total. The van der Waals surface area contributed by atoms with Crippen molar-refractivity contribution in [2.75, 3.05) is 6.61 Å². The van der Waals surface area contributed by atoms with Gasteiger partial charge in [-0.15, -0.1) is 0 Å². The number of hydrogen-bond donors (Lipinski definition) is 0.